The Bertz CT molecular complexity index is 822. The molecule has 2 aromatic heterocycles. The molecule has 6 nitrogen and oxygen atoms in total. The molecular weight excluding hydrogens is 344 g/mol. The van der Waals surface area contributed by atoms with E-state index < -0.39 is 0 Å². The van der Waals surface area contributed by atoms with Crippen LogP contribution in [0.2, 0.25) is 0 Å². The Labute approximate surface area is 157 Å². The second kappa shape index (κ2) is 8.14. The molecule has 0 aliphatic carbocycles. The monoisotopic (exact) mass is 364 g/mol. The van der Waals surface area contributed by atoms with Crippen molar-refractivity contribution in [3.05, 3.63) is 66.7 Å². The van der Waals surface area contributed by atoms with Gasteiger partial charge in [-0.05, 0) is 11.6 Å². The van der Waals surface area contributed by atoms with Gasteiger partial charge in [-0.1, -0.05) is 30.3 Å². The lowest BCUT2D eigenvalue weighted by Crippen LogP contribution is -2.47. The van der Waals surface area contributed by atoms with Gasteiger partial charge in [0.15, 0.2) is 0 Å². The van der Waals surface area contributed by atoms with Crippen LogP contribution in [0.4, 0.5) is 11.8 Å². The number of benzene rings is 1. The van der Waals surface area contributed by atoms with Gasteiger partial charge < -0.3 is 9.80 Å². The van der Waals surface area contributed by atoms with Crippen LogP contribution in [0.15, 0.2) is 66.2 Å². The van der Waals surface area contributed by atoms with E-state index in [2.05, 4.69) is 49.0 Å². The maximum absolute atomic E-state index is 4.79. The third kappa shape index (κ3) is 4.11. The first-order valence-corrected chi connectivity index (χ1v) is 9.63. The maximum Gasteiger partial charge on any atom is 0.225 e. The fraction of sp³-hybridized carbons (Fsp3) is 0.263. The van der Waals surface area contributed by atoms with E-state index in [4.69, 9.17) is 4.98 Å². The van der Waals surface area contributed by atoms with E-state index in [1.165, 1.54) is 5.56 Å². The summed E-state index contributed by atoms with van der Waals surface area (Å²) in [5.74, 6) is 2.64. The minimum atomic E-state index is 0.797. The first-order chi connectivity index (χ1) is 12.9. The summed E-state index contributed by atoms with van der Waals surface area (Å²) in [6.45, 7) is 3.54. The Morgan fingerprint density at radius 1 is 0.846 bits per heavy atom. The number of piperazine rings is 1. The van der Waals surface area contributed by atoms with E-state index in [9.17, 15) is 0 Å². The number of aromatic nitrogens is 4. The molecule has 1 aromatic carbocycles. The molecule has 0 saturated carbocycles. The van der Waals surface area contributed by atoms with E-state index >= 15 is 0 Å². The van der Waals surface area contributed by atoms with Crippen molar-refractivity contribution in [3.63, 3.8) is 0 Å². The van der Waals surface area contributed by atoms with E-state index in [0.29, 0.717) is 0 Å². The van der Waals surface area contributed by atoms with Gasteiger partial charge in [0.1, 0.15) is 10.8 Å². The standard InChI is InChI=1S/C19H20N6S/c1-2-5-16(6-3-1)15-26-18-14-20-13-17(23-18)24-9-11-25(12-10-24)19-21-7-4-8-22-19/h1-8,13-14H,9-12,15H2. The number of thioether (sulfide) groups is 1. The van der Waals surface area contributed by atoms with Gasteiger partial charge in [-0.15, -0.1) is 11.8 Å². The first-order valence-electron chi connectivity index (χ1n) is 8.64. The molecule has 0 unspecified atom stereocenters. The minimum Gasteiger partial charge on any atom is -0.352 e. The molecule has 3 heterocycles. The van der Waals surface area contributed by atoms with E-state index in [0.717, 1.165) is 48.7 Å². The Balaban J connectivity index is 1.36. The number of hydrogen-bond acceptors (Lipinski definition) is 7. The predicted octanol–water partition coefficient (Wildman–Crippen LogP) is 2.89. The number of anilines is 2. The van der Waals surface area contributed by atoms with Crippen molar-refractivity contribution in [1.29, 1.82) is 0 Å². The van der Waals surface area contributed by atoms with Gasteiger partial charge in [-0.2, -0.15) is 0 Å². The van der Waals surface area contributed by atoms with Crippen molar-refractivity contribution in [1.82, 2.24) is 19.9 Å². The summed E-state index contributed by atoms with van der Waals surface area (Å²) in [7, 11) is 0. The van der Waals surface area contributed by atoms with Crippen LogP contribution in [0.5, 0.6) is 0 Å². The Morgan fingerprint density at radius 2 is 1.58 bits per heavy atom. The predicted molar refractivity (Wildman–Crippen MR) is 104 cm³/mol. The van der Waals surface area contributed by atoms with Gasteiger partial charge in [0.25, 0.3) is 0 Å². The van der Waals surface area contributed by atoms with Crippen molar-refractivity contribution in [3.8, 4) is 0 Å². The zero-order valence-electron chi connectivity index (χ0n) is 14.4. The van der Waals surface area contributed by atoms with Crippen molar-refractivity contribution < 1.29 is 0 Å². The quantitative estimate of drug-likeness (QED) is 0.645. The van der Waals surface area contributed by atoms with E-state index in [-0.39, 0.29) is 0 Å². The van der Waals surface area contributed by atoms with Crippen molar-refractivity contribution in [2.75, 3.05) is 36.0 Å². The third-order valence-corrected chi connectivity index (χ3v) is 5.24. The van der Waals surface area contributed by atoms with Gasteiger partial charge in [0, 0.05) is 44.3 Å². The third-order valence-electron chi connectivity index (χ3n) is 4.27. The summed E-state index contributed by atoms with van der Waals surface area (Å²) in [5, 5.41) is 0.958. The van der Waals surface area contributed by atoms with Crippen LogP contribution in [0.25, 0.3) is 0 Å². The van der Waals surface area contributed by atoms with Crippen LogP contribution in [0, 0.1) is 0 Å². The highest BCUT2D eigenvalue weighted by molar-refractivity contribution is 7.98. The zero-order chi connectivity index (χ0) is 17.6. The topological polar surface area (TPSA) is 58.0 Å². The van der Waals surface area contributed by atoms with Gasteiger partial charge in [-0.25, -0.2) is 15.0 Å². The normalized spacial score (nSPS) is 14.5. The maximum atomic E-state index is 4.79. The van der Waals surface area contributed by atoms with Crippen LogP contribution < -0.4 is 9.80 Å². The molecular formula is C19H20N6S. The molecule has 0 amide bonds. The average molecular weight is 364 g/mol. The van der Waals surface area contributed by atoms with Crippen LogP contribution in [0.3, 0.4) is 0 Å². The molecule has 0 N–H and O–H groups in total. The summed E-state index contributed by atoms with van der Waals surface area (Å²) in [6, 6.07) is 12.3. The summed E-state index contributed by atoms with van der Waals surface area (Å²) in [5.41, 5.74) is 1.29. The largest absolute Gasteiger partial charge is 0.352 e. The Morgan fingerprint density at radius 3 is 2.35 bits per heavy atom. The molecule has 4 rings (SSSR count). The van der Waals surface area contributed by atoms with Crippen LogP contribution in [0.1, 0.15) is 5.56 Å². The van der Waals surface area contributed by atoms with Crippen molar-refractivity contribution >= 4 is 23.5 Å². The molecule has 0 atom stereocenters. The summed E-state index contributed by atoms with van der Waals surface area (Å²) < 4.78 is 0. The second-order valence-electron chi connectivity index (χ2n) is 6.01. The molecule has 0 radical (unpaired) electrons. The second-order valence-corrected chi connectivity index (χ2v) is 7.01. The number of rotatable bonds is 5. The van der Waals surface area contributed by atoms with E-state index in [1.807, 2.05) is 24.5 Å². The van der Waals surface area contributed by atoms with E-state index in [1.54, 1.807) is 24.2 Å². The highest BCUT2D eigenvalue weighted by atomic mass is 32.2. The minimum absolute atomic E-state index is 0.797. The van der Waals surface area contributed by atoms with Crippen molar-refractivity contribution in [2.24, 2.45) is 0 Å². The van der Waals surface area contributed by atoms with Gasteiger partial charge in [-0.3, -0.25) is 4.98 Å². The zero-order valence-corrected chi connectivity index (χ0v) is 15.2. The van der Waals surface area contributed by atoms with Gasteiger partial charge >= 0.3 is 0 Å². The lowest BCUT2D eigenvalue weighted by molar-refractivity contribution is 0.631. The van der Waals surface area contributed by atoms with Crippen molar-refractivity contribution in [2.45, 2.75) is 10.8 Å². The SMILES string of the molecule is c1ccc(CSc2cncc(N3CCN(c4ncccn4)CC3)n2)cc1. The fourth-order valence-corrected chi connectivity index (χ4v) is 3.68. The lowest BCUT2D eigenvalue weighted by Gasteiger charge is -2.35. The molecule has 1 aliphatic heterocycles. The highest BCUT2D eigenvalue weighted by Crippen LogP contribution is 2.23. The molecule has 1 fully saturated rings. The van der Waals surface area contributed by atoms with Crippen LogP contribution in [-0.4, -0.2) is 46.1 Å². The van der Waals surface area contributed by atoms with Crippen LogP contribution >= 0.6 is 11.8 Å². The smallest absolute Gasteiger partial charge is 0.225 e. The molecule has 26 heavy (non-hydrogen) atoms. The Kier molecular flexibility index (Phi) is 5.25. The Hall–Kier alpha value is -2.67. The average Bonchev–Trinajstić information content (AvgIpc) is 2.74. The molecule has 132 valence electrons. The van der Waals surface area contributed by atoms with Gasteiger partial charge in [0.2, 0.25) is 5.95 Å². The molecule has 1 saturated heterocycles. The summed E-state index contributed by atoms with van der Waals surface area (Å²) in [4.78, 5) is 22.3. The number of hydrogen-bond donors (Lipinski definition) is 0. The lowest BCUT2D eigenvalue weighted by atomic mass is 10.2. The molecule has 3 aromatic rings. The highest BCUT2D eigenvalue weighted by Gasteiger charge is 2.20. The summed E-state index contributed by atoms with van der Waals surface area (Å²) >= 11 is 1.72. The molecule has 1 aliphatic rings. The fourth-order valence-electron chi connectivity index (χ4n) is 2.88. The van der Waals surface area contributed by atoms with Crippen LogP contribution in [-0.2, 0) is 5.75 Å². The number of nitrogens with zero attached hydrogens (tertiary/aromatic N) is 6. The molecule has 7 heteroatoms. The molecule has 0 bridgehead atoms. The van der Waals surface area contributed by atoms with Gasteiger partial charge in [0.05, 0.1) is 12.4 Å². The first kappa shape index (κ1) is 16.8. The summed E-state index contributed by atoms with van der Waals surface area (Å²) in [6.07, 6.45) is 7.26. The molecule has 0 spiro atoms.